The lowest BCUT2D eigenvalue weighted by atomic mass is 10.00. The van der Waals surface area contributed by atoms with Crippen LogP contribution >= 0.6 is 0 Å². The second-order valence-corrected chi connectivity index (χ2v) is 8.09. The Hall–Kier alpha value is -3.75. The maximum atomic E-state index is 12.6. The molecule has 2 aromatic rings. The Kier molecular flexibility index (Phi) is 6.16. The molecule has 32 heavy (non-hydrogen) atoms. The lowest BCUT2D eigenvalue weighted by molar-refractivity contribution is 0.0734. The first-order valence-electron chi connectivity index (χ1n) is 10.7. The van der Waals surface area contributed by atoms with Gasteiger partial charge in [0, 0.05) is 39.0 Å². The van der Waals surface area contributed by atoms with Crippen LogP contribution in [0.5, 0.6) is 11.5 Å². The molecule has 0 aromatic heterocycles. The Morgan fingerprint density at radius 3 is 2.19 bits per heavy atom. The van der Waals surface area contributed by atoms with Gasteiger partial charge in [0.05, 0.1) is 5.56 Å². The van der Waals surface area contributed by atoms with Crippen molar-refractivity contribution in [2.75, 3.05) is 19.6 Å². The van der Waals surface area contributed by atoms with E-state index in [0.717, 1.165) is 24.8 Å². The molecule has 0 unspecified atom stereocenters. The molecule has 1 saturated heterocycles. The van der Waals surface area contributed by atoms with Crippen LogP contribution in [-0.2, 0) is 13.0 Å². The molecule has 0 saturated carbocycles. The van der Waals surface area contributed by atoms with Crippen molar-refractivity contribution in [1.29, 1.82) is 10.8 Å². The zero-order chi connectivity index (χ0) is 22.7. The number of benzene rings is 2. The number of rotatable bonds is 4. The van der Waals surface area contributed by atoms with Gasteiger partial charge in [-0.1, -0.05) is 6.07 Å². The molecule has 6 N–H and O–H groups in total. The Balaban J connectivity index is 1.34. The van der Waals surface area contributed by atoms with E-state index in [1.54, 1.807) is 35.2 Å². The van der Waals surface area contributed by atoms with Crippen molar-refractivity contribution in [2.24, 2.45) is 11.5 Å². The summed E-state index contributed by atoms with van der Waals surface area (Å²) in [6.07, 6.45) is 2.46. The van der Waals surface area contributed by atoms with Crippen molar-refractivity contribution < 1.29 is 14.3 Å². The summed E-state index contributed by atoms with van der Waals surface area (Å²) in [6.45, 7) is 2.66. The highest BCUT2D eigenvalue weighted by Gasteiger charge is 2.22. The fraction of sp³-hybridized carbons (Fsp3) is 0.348. The maximum absolute atomic E-state index is 12.6. The molecule has 0 amide bonds. The van der Waals surface area contributed by atoms with Gasteiger partial charge < -0.3 is 30.7 Å². The van der Waals surface area contributed by atoms with Crippen LogP contribution in [0.4, 0.5) is 0 Å². The molecule has 0 atom stereocenters. The summed E-state index contributed by atoms with van der Waals surface area (Å²) in [5.74, 6) is 0.870. The molecule has 9 nitrogen and oxygen atoms in total. The average Bonchev–Trinajstić information content (AvgIpc) is 2.79. The van der Waals surface area contributed by atoms with E-state index in [1.165, 1.54) is 5.56 Å². The summed E-state index contributed by atoms with van der Waals surface area (Å²) in [5, 5.41) is 15.1. The standard InChI is InChI=1S/C23H28N6O3/c24-22(25)28-11-8-19(9-12-28)31-18-4-2-16(3-5-18)21(30)32-20-6-1-15-7-10-29(23(26)27)14-17(15)13-20/h1-6,13,19H,7-12,14H2,(H3,24,25)(H3,26,27). The van der Waals surface area contributed by atoms with Crippen LogP contribution in [0.3, 0.4) is 0 Å². The Bertz CT molecular complexity index is 1010. The van der Waals surface area contributed by atoms with Gasteiger partial charge in [0.2, 0.25) is 0 Å². The number of carbonyl (C=O) groups excluding carboxylic acids is 1. The van der Waals surface area contributed by atoms with Gasteiger partial charge in [0.1, 0.15) is 17.6 Å². The molecular formula is C23H28N6O3. The van der Waals surface area contributed by atoms with E-state index in [0.29, 0.717) is 43.2 Å². The van der Waals surface area contributed by atoms with Gasteiger partial charge in [-0.15, -0.1) is 0 Å². The molecule has 0 spiro atoms. The van der Waals surface area contributed by atoms with E-state index in [2.05, 4.69) is 0 Å². The second-order valence-electron chi connectivity index (χ2n) is 8.09. The molecule has 0 bridgehead atoms. The SMILES string of the molecule is N=C(N)N1CCC(Oc2ccc(C(=O)Oc3ccc4c(c3)CN(C(=N)N)CC4)cc2)CC1. The Labute approximate surface area is 186 Å². The molecule has 4 rings (SSSR count). The van der Waals surface area contributed by atoms with Crippen LogP contribution in [-0.4, -0.2) is 53.4 Å². The zero-order valence-electron chi connectivity index (χ0n) is 17.8. The molecular weight excluding hydrogens is 408 g/mol. The molecule has 2 heterocycles. The maximum Gasteiger partial charge on any atom is 0.343 e. The third kappa shape index (κ3) is 4.93. The second kappa shape index (κ2) is 9.17. The van der Waals surface area contributed by atoms with Crippen LogP contribution in [0.25, 0.3) is 0 Å². The van der Waals surface area contributed by atoms with E-state index in [-0.39, 0.29) is 18.0 Å². The minimum atomic E-state index is -0.439. The lowest BCUT2D eigenvalue weighted by Gasteiger charge is -2.32. The first kappa shape index (κ1) is 21.5. The van der Waals surface area contributed by atoms with Crippen molar-refractivity contribution in [2.45, 2.75) is 31.9 Å². The van der Waals surface area contributed by atoms with Crippen molar-refractivity contribution in [3.63, 3.8) is 0 Å². The fourth-order valence-electron chi connectivity index (χ4n) is 4.05. The number of guanidine groups is 2. The minimum Gasteiger partial charge on any atom is -0.490 e. The fourth-order valence-corrected chi connectivity index (χ4v) is 4.05. The van der Waals surface area contributed by atoms with Gasteiger partial charge in [-0.3, -0.25) is 10.8 Å². The van der Waals surface area contributed by atoms with Crippen molar-refractivity contribution in [3.05, 3.63) is 59.2 Å². The number of hydrogen-bond donors (Lipinski definition) is 4. The van der Waals surface area contributed by atoms with E-state index < -0.39 is 5.97 Å². The smallest absolute Gasteiger partial charge is 0.343 e. The van der Waals surface area contributed by atoms with Crippen molar-refractivity contribution in [3.8, 4) is 11.5 Å². The quantitative estimate of drug-likeness (QED) is 0.248. The molecule has 2 aliphatic heterocycles. The monoisotopic (exact) mass is 436 g/mol. The van der Waals surface area contributed by atoms with E-state index >= 15 is 0 Å². The lowest BCUT2D eigenvalue weighted by Crippen LogP contribution is -2.44. The summed E-state index contributed by atoms with van der Waals surface area (Å²) in [5.41, 5.74) is 13.8. The molecule has 1 fully saturated rings. The number of piperidine rings is 1. The van der Waals surface area contributed by atoms with Crippen molar-refractivity contribution >= 4 is 17.9 Å². The molecule has 2 aromatic carbocycles. The summed E-state index contributed by atoms with van der Waals surface area (Å²) >= 11 is 0. The van der Waals surface area contributed by atoms with E-state index in [9.17, 15) is 4.79 Å². The van der Waals surface area contributed by atoms with Gasteiger partial charge >= 0.3 is 5.97 Å². The van der Waals surface area contributed by atoms with E-state index in [4.69, 9.17) is 31.8 Å². The van der Waals surface area contributed by atoms with Gasteiger partial charge in [-0.2, -0.15) is 0 Å². The summed E-state index contributed by atoms with van der Waals surface area (Å²) < 4.78 is 11.6. The summed E-state index contributed by atoms with van der Waals surface area (Å²) in [6, 6.07) is 12.5. The first-order chi connectivity index (χ1) is 15.4. The van der Waals surface area contributed by atoms with Crippen LogP contribution in [0.2, 0.25) is 0 Å². The number of nitrogens with one attached hydrogen (secondary N) is 2. The number of nitrogens with zero attached hydrogens (tertiary/aromatic N) is 2. The predicted octanol–water partition coefficient (Wildman–Crippen LogP) is 1.89. The van der Waals surface area contributed by atoms with Crippen LogP contribution < -0.4 is 20.9 Å². The molecule has 168 valence electrons. The Morgan fingerprint density at radius 1 is 0.875 bits per heavy atom. The number of nitrogens with two attached hydrogens (primary N) is 2. The number of esters is 1. The van der Waals surface area contributed by atoms with Gasteiger partial charge in [0.25, 0.3) is 0 Å². The summed E-state index contributed by atoms with van der Waals surface area (Å²) in [7, 11) is 0. The van der Waals surface area contributed by atoms with Crippen LogP contribution in [0.15, 0.2) is 42.5 Å². The first-order valence-corrected chi connectivity index (χ1v) is 10.7. The van der Waals surface area contributed by atoms with Gasteiger partial charge in [-0.25, -0.2) is 4.79 Å². The molecule has 9 heteroatoms. The number of hydrogen-bond acceptors (Lipinski definition) is 5. The van der Waals surface area contributed by atoms with Gasteiger partial charge in [0.15, 0.2) is 11.9 Å². The van der Waals surface area contributed by atoms with Gasteiger partial charge in [-0.05, 0) is 53.9 Å². The third-order valence-corrected chi connectivity index (χ3v) is 5.92. The third-order valence-electron chi connectivity index (χ3n) is 5.92. The largest absolute Gasteiger partial charge is 0.490 e. The molecule has 0 aliphatic carbocycles. The highest BCUT2D eigenvalue weighted by molar-refractivity contribution is 5.91. The topological polar surface area (TPSA) is 142 Å². The van der Waals surface area contributed by atoms with E-state index in [1.807, 2.05) is 17.0 Å². The van der Waals surface area contributed by atoms with Crippen molar-refractivity contribution in [1.82, 2.24) is 9.80 Å². The number of fused-ring (bicyclic) bond motifs is 1. The minimum absolute atomic E-state index is 0.0461. The normalized spacial score (nSPS) is 16.2. The van der Waals surface area contributed by atoms with Crippen LogP contribution in [0, 0.1) is 10.8 Å². The average molecular weight is 437 g/mol. The predicted molar refractivity (Wildman–Crippen MR) is 121 cm³/mol. The number of likely N-dealkylation sites (tertiary alicyclic amines) is 1. The number of ether oxygens (including phenoxy) is 2. The highest BCUT2D eigenvalue weighted by atomic mass is 16.5. The van der Waals surface area contributed by atoms with Crippen LogP contribution in [0.1, 0.15) is 34.3 Å². The zero-order valence-corrected chi connectivity index (χ0v) is 17.8. The molecule has 0 radical (unpaired) electrons. The highest BCUT2D eigenvalue weighted by Crippen LogP contribution is 2.25. The molecule has 2 aliphatic rings. The number of carbonyl (C=O) groups is 1. The Morgan fingerprint density at radius 2 is 1.53 bits per heavy atom. The summed E-state index contributed by atoms with van der Waals surface area (Å²) in [4.78, 5) is 16.2.